The van der Waals surface area contributed by atoms with Gasteiger partial charge in [0.05, 0.1) is 0 Å². The van der Waals surface area contributed by atoms with Gasteiger partial charge in [-0.15, -0.1) is 0 Å². The number of nitrogens with zero attached hydrogens (tertiary/aromatic N) is 1. The second-order valence-corrected chi connectivity index (χ2v) is 4.01. The molecule has 1 aliphatic heterocycles. The van der Waals surface area contributed by atoms with Crippen LogP contribution in [-0.4, -0.2) is 29.2 Å². The molecule has 5 nitrogen and oxygen atoms in total. The van der Waals surface area contributed by atoms with Crippen LogP contribution in [0.1, 0.15) is 12.0 Å². The number of hydrogen-bond donors (Lipinski definition) is 1. The fraction of sp³-hybridized carbons (Fsp3) is 0.333. The number of Topliss-reactive ketones (excluding diaryl/α,β-unsaturated/α-hetero) is 1. The predicted octanol–water partition coefficient (Wildman–Crippen LogP) is 0.247. The quantitative estimate of drug-likeness (QED) is 0.599. The first-order valence-electron chi connectivity index (χ1n) is 5.43. The third kappa shape index (κ3) is 2.51. The lowest BCUT2D eigenvalue weighted by Gasteiger charge is -2.20. The molecule has 0 amide bonds. The molecule has 0 saturated carbocycles. The first-order valence-corrected chi connectivity index (χ1v) is 5.43. The first-order chi connectivity index (χ1) is 8.22. The van der Waals surface area contributed by atoms with E-state index < -0.39 is 12.0 Å². The second kappa shape index (κ2) is 5.07. The van der Waals surface area contributed by atoms with E-state index in [1.165, 1.54) is 0 Å². The van der Waals surface area contributed by atoms with E-state index in [9.17, 15) is 9.59 Å². The van der Waals surface area contributed by atoms with Gasteiger partial charge in [-0.25, -0.2) is 4.79 Å². The van der Waals surface area contributed by atoms with Crippen molar-refractivity contribution in [1.82, 2.24) is 4.90 Å². The Morgan fingerprint density at radius 3 is 2.76 bits per heavy atom. The van der Waals surface area contributed by atoms with Crippen LogP contribution in [0.15, 0.2) is 30.3 Å². The number of ketones is 1. The number of carbonyl (C=O) groups is 2. The maximum atomic E-state index is 11.6. The summed E-state index contributed by atoms with van der Waals surface area (Å²) in [6.45, 7) is 1.11. The van der Waals surface area contributed by atoms with E-state index in [4.69, 9.17) is 5.90 Å². The Morgan fingerprint density at radius 1 is 1.41 bits per heavy atom. The van der Waals surface area contributed by atoms with Crippen LogP contribution in [0.25, 0.3) is 0 Å². The van der Waals surface area contributed by atoms with E-state index in [0.717, 1.165) is 5.56 Å². The molecular formula is C12H14N2O3. The molecule has 1 aromatic rings. The van der Waals surface area contributed by atoms with Gasteiger partial charge in [0.25, 0.3) is 0 Å². The van der Waals surface area contributed by atoms with Crippen LogP contribution in [0.2, 0.25) is 0 Å². The third-order valence-electron chi connectivity index (χ3n) is 2.88. The maximum Gasteiger partial charge on any atom is 0.349 e. The number of nitrogens with two attached hydrogens (primary N) is 1. The summed E-state index contributed by atoms with van der Waals surface area (Å²) in [5.41, 5.74) is 1.05. The topological polar surface area (TPSA) is 72.6 Å². The molecule has 1 heterocycles. The molecule has 0 aliphatic carbocycles. The van der Waals surface area contributed by atoms with Crippen LogP contribution in [0, 0.1) is 0 Å². The summed E-state index contributed by atoms with van der Waals surface area (Å²) in [5, 5.41) is 0. The minimum atomic E-state index is -0.847. The summed E-state index contributed by atoms with van der Waals surface area (Å²) in [4.78, 5) is 28.9. The van der Waals surface area contributed by atoms with E-state index in [1.54, 1.807) is 4.90 Å². The zero-order chi connectivity index (χ0) is 12.3. The van der Waals surface area contributed by atoms with Crippen molar-refractivity contribution < 1.29 is 14.4 Å². The molecular weight excluding hydrogens is 220 g/mol. The zero-order valence-electron chi connectivity index (χ0n) is 9.33. The molecule has 90 valence electrons. The van der Waals surface area contributed by atoms with Gasteiger partial charge in [-0.1, -0.05) is 30.3 Å². The van der Waals surface area contributed by atoms with Crippen molar-refractivity contribution in [2.75, 3.05) is 6.54 Å². The van der Waals surface area contributed by atoms with Crippen LogP contribution in [0.3, 0.4) is 0 Å². The molecule has 1 aromatic carbocycles. The average Bonchev–Trinajstić information content (AvgIpc) is 2.71. The van der Waals surface area contributed by atoms with E-state index in [-0.39, 0.29) is 5.78 Å². The molecule has 1 fully saturated rings. The van der Waals surface area contributed by atoms with E-state index in [2.05, 4.69) is 4.84 Å². The molecule has 1 saturated heterocycles. The lowest BCUT2D eigenvalue weighted by atomic mass is 10.1. The number of hydrogen-bond acceptors (Lipinski definition) is 5. The van der Waals surface area contributed by atoms with Crippen molar-refractivity contribution in [2.45, 2.75) is 19.0 Å². The Bertz CT molecular complexity index is 419. The van der Waals surface area contributed by atoms with Gasteiger partial charge in [-0.05, 0) is 5.56 Å². The molecule has 0 spiro atoms. The van der Waals surface area contributed by atoms with Crippen LogP contribution >= 0.6 is 0 Å². The molecule has 5 heteroatoms. The van der Waals surface area contributed by atoms with Crippen LogP contribution < -0.4 is 5.90 Å². The molecule has 1 aliphatic rings. The minimum absolute atomic E-state index is 0.128. The largest absolute Gasteiger partial charge is 0.372 e. The summed E-state index contributed by atoms with van der Waals surface area (Å²) >= 11 is 0. The van der Waals surface area contributed by atoms with Crippen molar-refractivity contribution in [2.24, 2.45) is 5.90 Å². The van der Waals surface area contributed by atoms with E-state index in [1.807, 2.05) is 30.3 Å². The SMILES string of the molecule is NOC(=O)C1C(=O)CCN1Cc1ccccc1. The molecule has 1 atom stereocenters. The van der Waals surface area contributed by atoms with Gasteiger partial charge in [0, 0.05) is 19.5 Å². The Morgan fingerprint density at radius 2 is 2.12 bits per heavy atom. The highest BCUT2D eigenvalue weighted by Crippen LogP contribution is 2.18. The van der Waals surface area contributed by atoms with Crippen molar-refractivity contribution in [1.29, 1.82) is 0 Å². The summed E-state index contributed by atoms with van der Waals surface area (Å²) < 4.78 is 0. The van der Waals surface area contributed by atoms with Crippen molar-refractivity contribution in [3.8, 4) is 0 Å². The summed E-state index contributed by atoms with van der Waals surface area (Å²) in [5.74, 6) is 4.04. The van der Waals surface area contributed by atoms with Crippen LogP contribution in [-0.2, 0) is 21.0 Å². The van der Waals surface area contributed by atoms with Gasteiger partial charge in [0.15, 0.2) is 11.8 Å². The van der Waals surface area contributed by atoms with E-state index >= 15 is 0 Å². The summed E-state index contributed by atoms with van der Waals surface area (Å²) in [7, 11) is 0. The van der Waals surface area contributed by atoms with Crippen LogP contribution in [0.5, 0.6) is 0 Å². The molecule has 0 radical (unpaired) electrons. The van der Waals surface area contributed by atoms with Crippen LogP contribution in [0.4, 0.5) is 0 Å². The molecule has 17 heavy (non-hydrogen) atoms. The lowest BCUT2D eigenvalue weighted by Crippen LogP contribution is -2.41. The Kier molecular flexibility index (Phi) is 3.51. The predicted molar refractivity (Wildman–Crippen MR) is 60.5 cm³/mol. The standard InChI is InChI=1S/C12H14N2O3/c13-17-12(16)11-10(15)6-7-14(11)8-9-4-2-1-3-5-9/h1-5,11H,6-8,13H2. The molecule has 1 unspecified atom stereocenters. The van der Waals surface area contributed by atoms with Gasteiger partial charge in [-0.2, -0.15) is 5.90 Å². The Hall–Kier alpha value is -1.72. The van der Waals surface area contributed by atoms with Crippen molar-refractivity contribution in [3.63, 3.8) is 0 Å². The normalized spacial score (nSPS) is 20.5. The maximum absolute atomic E-state index is 11.6. The fourth-order valence-corrected chi connectivity index (χ4v) is 2.06. The third-order valence-corrected chi connectivity index (χ3v) is 2.88. The summed E-state index contributed by atoms with van der Waals surface area (Å²) in [6, 6.07) is 8.82. The number of carbonyl (C=O) groups excluding carboxylic acids is 2. The molecule has 0 aromatic heterocycles. The van der Waals surface area contributed by atoms with Crippen molar-refractivity contribution in [3.05, 3.63) is 35.9 Å². The van der Waals surface area contributed by atoms with E-state index in [0.29, 0.717) is 19.5 Å². The average molecular weight is 234 g/mol. The highest BCUT2D eigenvalue weighted by atomic mass is 16.7. The molecule has 2 N–H and O–H groups in total. The first kappa shape index (κ1) is 11.8. The number of rotatable bonds is 3. The van der Waals surface area contributed by atoms with Gasteiger partial charge >= 0.3 is 5.97 Å². The van der Waals surface area contributed by atoms with Gasteiger partial charge in [0.1, 0.15) is 0 Å². The highest BCUT2D eigenvalue weighted by molar-refractivity contribution is 6.04. The molecule has 2 rings (SSSR count). The smallest absolute Gasteiger partial charge is 0.349 e. The second-order valence-electron chi connectivity index (χ2n) is 4.01. The monoisotopic (exact) mass is 234 g/mol. The Labute approximate surface area is 99.1 Å². The minimum Gasteiger partial charge on any atom is -0.372 e. The summed E-state index contributed by atoms with van der Waals surface area (Å²) in [6.07, 6.45) is 0.368. The van der Waals surface area contributed by atoms with Gasteiger partial charge in [0.2, 0.25) is 0 Å². The fourth-order valence-electron chi connectivity index (χ4n) is 2.06. The number of benzene rings is 1. The van der Waals surface area contributed by atoms with Gasteiger partial charge in [-0.3, -0.25) is 9.69 Å². The Balaban J connectivity index is 2.10. The highest BCUT2D eigenvalue weighted by Gasteiger charge is 2.39. The van der Waals surface area contributed by atoms with Crippen molar-refractivity contribution >= 4 is 11.8 Å². The number of likely N-dealkylation sites (tertiary alicyclic amines) is 1. The van der Waals surface area contributed by atoms with Gasteiger partial charge < -0.3 is 4.84 Å². The zero-order valence-corrected chi connectivity index (χ0v) is 9.33. The molecule has 0 bridgehead atoms. The lowest BCUT2D eigenvalue weighted by molar-refractivity contribution is -0.152.